The number of hydrogen-bond acceptors (Lipinski definition) is 9. The molecule has 228 valence electrons. The van der Waals surface area contributed by atoms with E-state index in [-0.39, 0.29) is 54.7 Å². The Kier molecular flexibility index (Phi) is 7.09. The van der Waals surface area contributed by atoms with Gasteiger partial charge in [0.15, 0.2) is 5.79 Å². The Labute approximate surface area is 235 Å². The zero-order chi connectivity index (χ0) is 25.9. The second kappa shape index (κ2) is 8.70. The predicted octanol–water partition coefficient (Wildman–Crippen LogP) is -1.75. The molecule has 14 atom stereocenters. The van der Waals surface area contributed by atoms with Gasteiger partial charge in [0.1, 0.15) is 28.5 Å². The topological polar surface area (TPSA) is 217 Å². The highest BCUT2D eigenvalue weighted by Gasteiger charge is 2.88. The highest BCUT2D eigenvalue weighted by molar-refractivity contribution is 5.85. The van der Waals surface area contributed by atoms with Gasteiger partial charge in [-0.15, -0.1) is 12.4 Å². The molecular formula is C27H48ClNO10. The minimum atomic E-state index is -2.02. The summed E-state index contributed by atoms with van der Waals surface area (Å²) >= 11 is 0. The van der Waals surface area contributed by atoms with E-state index in [1.165, 1.54) is 0 Å². The molecule has 0 unspecified atom stereocenters. The number of fused-ring (bicyclic) bond motifs is 5. The largest absolute Gasteiger partial charge is 0.412 e. The Hall–Kier alpha value is -0.150. The molecule has 3 saturated heterocycles. The van der Waals surface area contributed by atoms with Crippen molar-refractivity contribution in [1.29, 1.82) is 0 Å². The predicted molar refractivity (Wildman–Crippen MR) is 141 cm³/mol. The van der Waals surface area contributed by atoms with Crippen LogP contribution in [0.4, 0.5) is 0 Å². The number of nitrogens with zero attached hydrogens (tertiary/aromatic N) is 1. The number of aliphatic hydroxyl groups excluding tert-OH is 2. The standard InChI is InChI=1S/C27H43NO8.ClH.2H2O/c1-14-4-7-18-22(3,31)26(34)17(12-28(18)11-14)24(33)13-25-16(23(24,32)10-20(26)30)6-5-15-21(25,2)9-8-19(29)27(15,35)36-25;;;/h14-20,29-35H,4-13H2,1-3H3;1H;2*1H2/t14-,15-,16-,17-,18-,19+,20-,21-,22+,23+,24+,25+,26-,27-;;;/m0.../s1. The van der Waals surface area contributed by atoms with Gasteiger partial charge in [0, 0.05) is 55.1 Å². The Morgan fingerprint density at radius 2 is 1.41 bits per heavy atom. The first kappa shape index (κ1) is 31.8. The van der Waals surface area contributed by atoms with Gasteiger partial charge in [-0.3, -0.25) is 4.90 Å². The van der Waals surface area contributed by atoms with Crippen molar-refractivity contribution < 1.29 is 51.4 Å². The van der Waals surface area contributed by atoms with Gasteiger partial charge in [0.2, 0.25) is 0 Å². The van der Waals surface area contributed by atoms with Crippen molar-refractivity contribution in [2.75, 3.05) is 13.1 Å². The van der Waals surface area contributed by atoms with Gasteiger partial charge in [-0.25, -0.2) is 0 Å². The van der Waals surface area contributed by atoms with Gasteiger partial charge in [-0.2, -0.15) is 0 Å². The van der Waals surface area contributed by atoms with Gasteiger partial charge in [-0.1, -0.05) is 13.8 Å². The minimum Gasteiger partial charge on any atom is -0.412 e. The molecule has 0 aromatic heterocycles. The van der Waals surface area contributed by atoms with E-state index in [2.05, 4.69) is 11.8 Å². The molecule has 39 heavy (non-hydrogen) atoms. The van der Waals surface area contributed by atoms with E-state index in [4.69, 9.17) is 4.74 Å². The number of piperidine rings is 2. The maximum atomic E-state index is 12.7. The highest BCUT2D eigenvalue weighted by atomic mass is 35.5. The van der Waals surface area contributed by atoms with Gasteiger partial charge >= 0.3 is 0 Å². The number of hydrogen-bond donors (Lipinski definition) is 7. The summed E-state index contributed by atoms with van der Waals surface area (Å²) in [5.41, 5.74) is -9.07. The fraction of sp³-hybridized carbons (Fsp3) is 1.00. The molecule has 11 nitrogen and oxygen atoms in total. The Morgan fingerprint density at radius 3 is 2.08 bits per heavy atom. The number of halogens is 1. The number of ether oxygens (including phenoxy) is 1. The van der Waals surface area contributed by atoms with Crippen LogP contribution in [0.1, 0.15) is 72.1 Å². The van der Waals surface area contributed by atoms with Crippen LogP contribution in [0, 0.1) is 29.1 Å². The minimum absolute atomic E-state index is 0. The summed E-state index contributed by atoms with van der Waals surface area (Å²) in [6.07, 6.45) is 0.752. The summed E-state index contributed by atoms with van der Waals surface area (Å²) in [4.78, 5) is 2.12. The van der Waals surface area contributed by atoms with E-state index in [0.717, 1.165) is 6.42 Å². The second-order valence-electron chi connectivity index (χ2n) is 14.3. The fourth-order valence-corrected chi connectivity index (χ4v) is 11.3. The van der Waals surface area contributed by atoms with E-state index < -0.39 is 63.3 Å². The van der Waals surface area contributed by atoms with Gasteiger partial charge in [-0.05, 0) is 51.4 Å². The molecule has 12 heteroatoms. The molecule has 4 aliphatic carbocycles. The molecule has 3 aliphatic heterocycles. The lowest BCUT2D eigenvalue weighted by Crippen LogP contribution is -2.85. The molecule has 0 aromatic carbocycles. The first-order valence-corrected chi connectivity index (χ1v) is 14.0. The molecule has 7 rings (SSSR count). The molecule has 0 amide bonds. The van der Waals surface area contributed by atoms with Crippen molar-refractivity contribution in [3.8, 4) is 0 Å². The first-order chi connectivity index (χ1) is 16.6. The summed E-state index contributed by atoms with van der Waals surface area (Å²) < 4.78 is 6.52. The molecule has 1 spiro atoms. The lowest BCUT2D eigenvalue weighted by atomic mass is 9.49. The third kappa shape index (κ3) is 3.07. The van der Waals surface area contributed by atoms with Gasteiger partial charge in [0.25, 0.3) is 0 Å². The monoisotopic (exact) mass is 581 g/mol. The molecule has 3 heterocycles. The second-order valence-corrected chi connectivity index (χ2v) is 14.3. The summed E-state index contributed by atoms with van der Waals surface area (Å²) in [5.74, 6) is -3.30. The van der Waals surface area contributed by atoms with Crippen molar-refractivity contribution in [2.24, 2.45) is 29.1 Å². The Morgan fingerprint density at radius 1 is 0.769 bits per heavy atom. The zero-order valence-corrected chi connectivity index (χ0v) is 23.8. The SMILES string of the molecule is C[C@H]1CC[C@@H]2N(C1)C[C@@H]1[C@](O)([C@@H](O)C[C@@]3(O)[C@@H]4CC[C@@H]5[C@]6(O)O[C@@]4(C[C@@]13O)[C@@]5(C)CC[C@H]6O)[C@]2(C)O.Cl.O.O. The molecule has 7 fully saturated rings. The maximum absolute atomic E-state index is 12.7. The van der Waals surface area contributed by atoms with E-state index in [0.29, 0.717) is 44.6 Å². The smallest absolute Gasteiger partial charge is 0.196 e. The lowest BCUT2D eigenvalue weighted by Gasteiger charge is -2.68. The average molecular weight is 582 g/mol. The van der Waals surface area contributed by atoms with Crippen LogP contribution >= 0.6 is 12.4 Å². The summed E-state index contributed by atoms with van der Waals surface area (Å²) in [5, 5.41) is 83.2. The van der Waals surface area contributed by atoms with Crippen molar-refractivity contribution in [2.45, 2.75) is 124 Å². The average Bonchev–Trinajstić information content (AvgIpc) is 2.97. The van der Waals surface area contributed by atoms with Crippen molar-refractivity contribution in [1.82, 2.24) is 4.90 Å². The van der Waals surface area contributed by atoms with E-state index in [9.17, 15) is 35.7 Å². The van der Waals surface area contributed by atoms with E-state index in [1.54, 1.807) is 6.92 Å². The Balaban J connectivity index is 0.00000118. The molecular weight excluding hydrogens is 534 g/mol. The van der Waals surface area contributed by atoms with Crippen LogP contribution in [-0.4, -0.2) is 117 Å². The fourth-order valence-electron chi connectivity index (χ4n) is 11.3. The van der Waals surface area contributed by atoms with Crippen LogP contribution in [0.3, 0.4) is 0 Å². The molecule has 7 aliphatic rings. The van der Waals surface area contributed by atoms with Gasteiger partial charge in [0.05, 0.1) is 11.7 Å². The van der Waals surface area contributed by atoms with E-state index >= 15 is 0 Å². The number of rotatable bonds is 0. The van der Waals surface area contributed by atoms with Crippen LogP contribution in [0.15, 0.2) is 0 Å². The molecule has 0 radical (unpaired) electrons. The lowest BCUT2D eigenvalue weighted by molar-refractivity contribution is -0.354. The van der Waals surface area contributed by atoms with Crippen molar-refractivity contribution in [3.63, 3.8) is 0 Å². The molecule has 0 aromatic rings. The number of aliphatic hydroxyl groups is 7. The third-order valence-corrected chi connectivity index (χ3v) is 13.1. The van der Waals surface area contributed by atoms with E-state index in [1.807, 2.05) is 6.92 Å². The normalized spacial score (nSPS) is 62.8. The van der Waals surface area contributed by atoms with Crippen LogP contribution in [0.2, 0.25) is 0 Å². The summed E-state index contributed by atoms with van der Waals surface area (Å²) in [7, 11) is 0. The Bertz CT molecular complexity index is 1010. The summed E-state index contributed by atoms with van der Waals surface area (Å²) in [6, 6.07) is -0.360. The van der Waals surface area contributed by atoms with Crippen LogP contribution in [-0.2, 0) is 4.74 Å². The third-order valence-electron chi connectivity index (χ3n) is 13.1. The zero-order valence-electron chi connectivity index (χ0n) is 23.0. The van der Waals surface area contributed by atoms with Crippen molar-refractivity contribution in [3.05, 3.63) is 0 Å². The van der Waals surface area contributed by atoms with Crippen LogP contribution < -0.4 is 0 Å². The van der Waals surface area contributed by atoms with Crippen LogP contribution in [0.25, 0.3) is 0 Å². The first-order valence-electron chi connectivity index (χ1n) is 14.0. The van der Waals surface area contributed by atoms with Gasteiger partial charge < -0.3 is 51.4 Å². The maximum Gasteiger partial charge on any atom is 0.196 e. The summed E-state index contributed by atoms with van der Waals surface area (Å²) in [6.45, 7) is 6.70. The highest BCUT2D eigenvalue weighted by Crippen LogP contribution is 2.78. The van der Waals surface area contributed by atoms with Crippen LogP contribution in [0.5, 0.6) is 0 Å². The molecule has 4 saturated carbocycles. The van der Waals surface area contributed by atoms with Crippen molar-refractivity contribution >= 4 is 12.4 Å². The molecule has 4 bridgehead atoms. The molecule has 11 N–H and O–H groups in total. The quantitative estimate of drug-likeness (QED) is 0.172.